The highest BCUT2D eigenvalue weighted by Crippen LogP contribution is 2.27. The molecule has 1 aliphatic heterocycles. The van der Waals surface area contributed by atoms with Gasteiger partial charge in [-0.2, -0.15) is 0 Å². The number of pyridine rings is 1. The van der Waals surface area contributed by atoms with Crippen LogP contribution >= 0.6 is 0 Å². The number of rotatable bonds is 1. The summed E-state index contributed by atoms with van der Waals surface area (Å²) >= 11 is 0. The number of nitrogens with zero attached hydrogens (tertiary/aromatic N) is 3. The third kappa shape index (κ3) is 1.86. The number of aromatic nitrogens is 3. The first-order valence-corrected chi connectivity index (χ1v) is 6.02. The van der Waals surface area contributed by atoms with Crippen LogP contribution in [0.2, 0.25) is 0 Å². The Morgan fingerprint density at radius 2 is 2.18 bits per heavy atom. The van der Waals surface area contributed by atoms with Crippen LogP contribution < -0.4 is 5.73 Å². The zero-order valence-corrected chi connectivity index (χ0v) is 9.98. The number of imidazole rings is 1. The molecule has 2 aromatic heterocycles. The molecule has 1 saturated heterocycles. The van der Waals surface area contributed by atoms with E-state index in [0.29, 0.717) is 5.92 Å². The second kappa shape index (κ2) is 4.00. The van der Waals surface area contributed by atoms with E-state index in [0.717, 1.165) is 48.6 Å². The molecular weight excluding hydrogens is 214 g/mol. The molecule has 90 valence electrons. The zero-order valence-electron chi connectivity index (χ0n) is 9.98. The average Bonchev–Trinajstić information content (AvgIpc) is 2.75. The largest absolute Gasteiger partial charge is 0.397 e. The van der Waals surface area contributed by atoms with Crippen molar-refractivity contribution < 1.29 is 0 Å². The smallest absolute Gasteiger partial charge is 0.179 e. The minimum absolute atomic E-state index is 0.514. The summed E-state index contributed by atoms with van der Waals surface area (Å²) in [6.45, 7) is 2.26. The predicted molar refractivity (Wildman–Crippen MR) is 67.8 cm³/mol. The van der Waals surface area contributed by atoms with Crippen LogP contribution in [0.1, 0.15) is 24.6 Å². The van der Waals surface area contributed by atoms with Crippen LogP contribution in [-0.4, -0.2) is 40.0 Å². The molecular formula is C12H17N5. The normalized spacial score (nSPS) is 18.9. The molecule has 0 spiro atoms. The van der Waals surface area contributed by atoms with Crippen molar-refractivity contribution >= 4 is 16.9 Å². The molecule has 5 heteroatoms. The Balaban J connectivity index is 1.93. The van der Waals surface area contributed by atoms with E-state index in [1.54, 1.807) is 12.3 Å². The Hall–Kier alpha value is -1.62. The van der Waals surface area contributed by atoms with Gasteiger partial charge in [0.05, 0.1) is 5.69 Å². The number of nitrogens with two attached hydrogens (primary N) is 1. The number of hydrogen-bond acceptors (Lipinski definition) is 4. The second-order valence-corrected chi connectivity index (χ2v) is 4.80. The van der Waals surface area contributed by atoms with Gasteiger partial charge in [0.15, 0.2) is 5.65 Å². The molecule has 0 aliphatic carbocycles. The van der Waals surface area contributed by atoms with E-state index < -0.39 is 0 Å². The van der Waals surface area contributed by atoms with Gasteiger partial charge in [0.2, 0.25) is 0 Å². The molecule has 3 heterocycles. The standard InChI is InChI=1S/C12H17N5/c1-17-6-3-8(4-7-17)11-15-10-9(13)2-5-14-12(10)16-11/h2,5,8H,3-4,6-7H2,1H3,(H3,13,14,15,16). The van der Waals surface area contributed by atoms with Crippen molar-refractivity contribution in [2.24, 2.45) is 0 Å². The number of piperidine rings is 1. The number of anilines is 1. The van der Waals surface area contributed by atoms with Crippen LogP contribution in [0.15, 0.2) is 12.3 Å². The van der Waals surface area contributed by atoms with Crippen LogP contribution in [0, 0.1) is 0 Å². The Labute approximate surface area is 100 Å². The molecule has 0 saturated carbocycles. The summed E-state index contributed by atoms with van der Waals surface area (Å²) in [5.74, 6) is 1.55. The second-order valence-electron chi connectivity index (χ2n) is 4.80. The lowest BCUT2D eigenvalue weighted by Crippen LogP contribution is -2.29. The maximum Gasteiger partial charge on any atom is 0.179 e. The molecule has 5 nitrogen and oxygen atoms in total. The number of nitrogens with one attached hydrogen (secondary N) is 1. The highest BCUT2D eigenvalue weighted by Gasteiger charge is 2.21. The molecule has 0 aromatic carbocycles. The first-order valence-electron chi connectivity index (χ1n) is 6.02. The van der Waals surface area contributed by atoms with Crippen molar-refractivity contribution in [3.05, 3.63) is 18.1 Å². The first kappa shape index (κ1) is 10.5. The highest BCUT2D eigenvalue weighted by molar-refractivity contribution is 5.83. The summed E-state index contributed by atoms with van der Waals surface area (Å²) < 4.78 is 0. The van der Waals surface area contributed by atoms with Gasteiger partial charge in [-0.1, -0.05) is 0 Å². The quantitative estimate of drug-likeness (QED) is 0.777. The first-order chi connectivity index (χ1) is 8.24. The van der Waals surface area contributed by atoms with Gasteiger partial charge in [0, 0.05) is 12.1 Å². The van der Waals surface area contributed by atoms with Crippen LogP contribution in [0.3, 0.4) is 0 Å². The van der Waals surface area contributed by atoms with Crippen LogP contribution in [-0.2, 0) is 0 Å². The van der Waals surface area contributed by atoms with Crippen LogP contribution in [0.4, 0.5) is 5.69 Å². The molecule has 2 aromatic rings. The van der Waals surface area contributed by atoms with E-state index in [4.69, 9.17) is 5.73 Å². The van der Waals surface area contributed by atoms with Crippen molar-refractivity contribution in [2.75, 3.05) is 25.9 Å². The van der Waals surface area contributed by atoms with Crippen LogP contribution in [0.5, 0.6) is 0 Å². The van der Waals surface area contributed by atoms with Crippen molar-refractivity contribution in [1.29, 1.82) is 0 Å². The topological polar surface area (TPSA) is 70.8 Å². The fourth-order valence-corrected chi connectivity index (χ4v) is 2.42. The summed E-state index contributed by atoms with van der Waals surface area (Å²) in [6.07, 6.45) is 4.00. The molecule has 0 amide bonds. The molecule has 17 heavy (non-hydrogen) atoms. The van der Waals surface area contributed by atoms with Gasteiger partial charge in [-0.05, 0) is 39.0 Å². The minimum Gasteiger partial charge on any atom is -0.397 e. The van der Waals surface area contributed by atoms with E-state index in [1.807, 2.05) is 0 Å². The Bertz CT molecular complexity index is 525. The lowest BCUT2D eigenvalue weighted by Gasteiger charge is -2.27. The molecule has 0 radical (unpaired) electrons. The molecule has 1 fully saturated rings. The highest BCUT2D eigenvalue weighted by atomic mass is 15.1. The number of hydrogen-bond donors (Lipinski definition) is 2. The van der Waals surface area contributed by atoms with Crippen LogP contribution in [0.25, 0.3) is 11.2 Å². The van der Waals surface area contributed by atoms with Gasteiger partial charge >= 0.3 is 0 Å². The van der Waals surface area contributed by atoms with E-state index in [1.165, 1.54) is 0 Å². The number of likely N-dealkylation sites (tertiary alicyclic amines) is 1. The summed E-state index contributed by atoms with van der Waals surface area (Å²) in [4.78, 5) is 14.5. The number of nitrogen functional groups attached to an aromatic ring is 1. The maximum absolute atomic E-state index is 5.90. The molecule has 0 unspecified atom stereocenters. The lowest BCUT2D eigenvalue weighted by molar-refractivity contribution is 0.252. The summed E-state index contributed by atoms with van der Waals surface area (Å²) in [7, 11) is 2.16. The third-order valence-electron chi connectivity index (χ3n) is 3.55. The van der Waals surface area contributed by atoms with Crippen molar-refractivity contribution in [1.82, 2.24) is 19.9 Å². The Kier molecular flexibility index (Phi) is 2.48. The number of fused-ring (bicyclic) bond motifs is 1. The minimum atomic E-state index is 0.514. The number of aromatic amines is 1. The summed E-state index contributed by atoms with van der Waals surface area (Å²) in [5, 5.41) is 0. The van der Waals surface area contributed by atoms with Gasteiger partial charge in [0.25, 0.3) is 0 Å². The average molecular weight is 231 g/mol. The van der Waals surface area contributed by atoms with E-state index in [-0.39, 0.29) is 0 Å². The summed E-state index contributed by atoms with van der Waals surface area (Å²) in [6, 6.07) is 1.80. The van der Waals surface area contributed by atoms with Gasteiger partial charge in [-0.25, -0.2) is 9.97 Å². The number of H-pyrrole nitrogens is 1. The van der Waals surface area contributed by atoms with E-state index >= 15 is 0 Å². The molecule has 0 bridgehead atoms. The maximum atomic E-state index is 5.90. The molecule has 0 atom stereocenters. The summed E-state index contributed by atoms with van der Waals surface area (Å²) in [5.41, 5.74) is 8.24. The predicted octanol–water partition coefficient (Wildman–Crippen LogP) is 1.35. The monoisotopic (exact) mass is 231 g/mol. The van der Waals surface area contributed by atoms with E-state index in [2.05, 4.69) is 26.9 Å². The zero-order chi connectivity index (χ0) is 11.8. The van der Waals surface area contributed by atoms with E-state index in [9.17, 15) is 0 Å². The van der Waals surface area contributed by atoms with Crippen molar-refractivity contribution in [3.63, 3.8) is 0 Å². The van der Waals surface area contributed by atoms with Gasteiger partial charge in [-0.3, -0.25) is 0 Å². The van der Waals surface area contributed by atoms with Gasteiger partial charge in [0.1, 0.15) is 11.3 Å². The molecule has 1 aliphatic rings. The van der Waals surface area contributed by atoms with Crippen molar-refractivity contribution in [2.45, 2.75) is 18.8 Å². The van der Waals surface area contributed by atoms with Gasteiger partial charge in [-0.15, -0.1) is 0 Å². The molecule has 3 rings (SSSR count). The Morgan fingerprint density at radius 1 is 1.41 bits per heavy atom. The fraction of sp³-hybridized carbons (Fsp3) is 0.500. The SMILES string of the molecule is CN1CCC(c2nc3nccc(N)c3[nH]2)CC1. The van der Waals surface area contributed by atoms with Crippen molar-refractivity contribution in [3.8, 4) is 0 Å². The lowest BCUT2D eigenvalue weighted by atomic mass is 9.97. The van der Waals surface area contributed by atoms with Gasteiger partial charge < -0.3 is 15.6 Å². The molecule has 3 N–H and O–H groups in total. The fourth-order valence-electron chi connectivity index (χ4n) is 2.42. The third-order valence-corrected chi connectivity index (χ3v) is 3.55. The Morgan fingerprint density at radius 3 is 2.88 bits per heavy atom.